The molecule has 3 atom stereocenters. The van der Waals surface area contributed by atoms with Crippen molar-refractivity contribution in [2.75, 3.05) is 28.0 Å². The molecule has 34 heavy (non-hydrogen) atoms. The van der Waals surface area contributed by atoms with E-state index in [2.05, 4.69) is 14.3 Å². The van der Waals surface area contributed by atoms with Crippen LogP contribution >= 0.6 is 19.5 Å². The first-order valence-electron chi connectivity index (χ1n) is 10.3. The van der Waals surface area contributed by atoms with Gasteiger partial charge in [-0.25, -0.2) is 9.09 Å². The van der Waals surface area contributed by atoms with Crippen molar-refractivity contribution in [2.45, 2.75) is 32.1 Å². The Kier molecular flexibility index (Phi) is 11.2. The number of rotatable bonds is 14. The minimum absolute atomic E-state index is 0.597. The molecule has 8 nitrogen and oxygen atoms in total. The van der Waals surface area contributed by atoms with E-state index in [-0.39, 0.29) is 0 Å². The highest BCUT2D eigenvalue weighted by Gasteiger charge is 2.29. The van der Waals surface area contributed by atoms with Crippen molar-refractivity contribution in [3.8, 4) is 11.5 Å². The van der Waals surface area contributed by atoms with Crippen LogP contribution in [0.1, 0.15) is 18.1 Å². The highest BCUT2D eigenvalue weighted by Crippen LogP contribution is 2.50. The van der Waals surface area contributed by atoms with E-state index in [0.717, 1.165) is 29.7 Å². The predicted octanol–water partition coefficient (Wildman–Crippen LogP) is 5.70. The SMILES string of the molecule is COc1cccc(CCc2ccccc2O[C@H](C(C)OCO[P@](=O)(F)O/N=C(\F)Cl)N(C)C)c1. The summed E-state index contributed by atoms with van der Waals surface area (Å²) in [5.74, 6) is 1.46. The van der Waals surface area contributed by atoms with Gasteiger partial charge in [0, 0.05) is 0 Å². The van der Waals surface area contributed by atoms with Crippen LogP contribution in [0.15, 0.2) is 53.7 Å². The normalized spacial score (nSPS) is 15.5. The fraction of sp³-hybridized carbons (Fsp3) is 0.409. The third-order valence-corrected chi connectivity index (χ3v) is 5.45. The zero-order chi connectivity index (χ0) is 25.1. The number of likely N-dealkylation sites (N-methyl/N-ethyl adjacent to an activating group) is 1. The summed E-state index contributed by atoms with van der Waals surface area (Å²) in [6, 6.07) is 15.5. The molecule has 0 aliphatic heterocycles. The summed E-state index contributed by atoms with van der Waals surface area (Å²) in [4.78, 5) is 1.77. The number of nitrogens with zero attached hydrogens (tertiary/aromatic N) is 2. The van der Waals surface area contributed by atoms with E-state index in [1.54, 1.807) is 33.0 Å². The molecule has 2 aromatic carbocycles. The molecule has 0 bridgehead atoms. The van der Waals surface area contributed by atoms with Crippen LogP contribution < -0.4 is 9.47 Å². The van der Waals surface area contributed by atoms with Crippen LogP contribution in [0.25, 0.3) is 0 Å². The Labute approximate surface area is 203 Å². The van der Waals surface area contributed by atoms with E-state index >= 15 is 0 Å². The summed E-state index contributed by atoms with van der Waals surface area (Å²) in [7, 11) is 0.0205. The van der Waals surface area contributed by atoms with Crippen LogP contribution in [-0.4, -0.2) is 50.7 Å². The van der Waals surface area contributed by atoms with Crippen molar-refractivity contribution in [3.63, 3.8) is 0 Å². The van der Waals surface area contributed by atoms with Gasteiger partial charge in [0.25, 0.3) is 0 Å². The number of benzene rings is 2. The summed E-state index contributed by atoms with van der Waals surface area (Å²) < 4.78 is 62.3. The van der Waals surface area contributed by atoms with Crippen molar-refractivity contribution in [3.05, 3.63) is 59.7 Å². The third kappa shape index (κ3) is 9.56. The number of oxime groups is 1. The second-order valence-electron chi connectivity index (χ2n) is 7.39. The Bertz CT molecular complexity index is 993. The van der Waals surface area contributed by atoms with Crippen molar-refractivity contribution in [2.24, 2.45) is 5.16 Å². The van der Waals surface area contributed by atoms with Crippen molar-refractivity contribution < 1.29 is 36.5 Å². The maximum Gasteiger partial charge on any atom is 0.592 e. The maximum atomic E-state index is 13.6. The van der Waals surface area contributed by atoms with Gasteiger partial charge in [0.1, 0.15) is 17.6 Å². The molecule has 0 saturated carbocycles. The molecule has 0 aliphatic rings. The number of halogens is 3. The summed E-state index contributed by atoms with van der Waals surface area (Å²) in [6.45, 7) is 0.924. The van der Waals surface area contributed by atoms with Gasteiger partial charge in [-0.1, -0.05) is 30.3 Å². The Morgan fingerprint density at radius 2 is 1.91 bits per heavy atom. The lowest BCUT2D eigenvalue weighted by molar-refractivity contribution is -0.114. The van der Waals surface area contributed by atoms with Crippen LogP contribution in [0.3, 0.4) is 0 Å². The third-order valence-electron chi connectivity index (χ3n) is 4.69. The molecule has 1 unspecified atom stereocenters. The van der Waals surface area contributed by atoms with E-state index in [9.17, 15) is 13.2 Å². The average Bonchev–Trinajstić information content (AvgIpc) is 2.80. The van der Waals surface area contributed by atoms with Gasteiger partial charge in [-0.05, 0) is 79.9 Å². The topological polar surface area (TPSA) is 78.8 Å². The smallest absolute Gasteiger partial charge is 0.497 e. The zero-order valence-corrected chi connectivity index (χ0v) is 21.0. The number of aryl methyl sites for hydroxylation is 2. The Morgan fingerprint density at radius 3 is 2.59 bits per heavy atom. The lowest BCUT2D eigenvalue weighted by atomic mass is 10.0. The van der Waals surface area contributed by atoms with Gasteiger partial charge in [0.15, 0.2) is 13.0 Å². The monoisotopic (exact) mass is 520 g/mol. The Morgan fingerprint density at radius 1 is 1.18 bits per heavy atom. The molecule has 12 heteroatoms. The van der Waals surface area contributed by atoms with Gasteiger partial charge in [-0.2, -0.15) is 4.39 Å². The number of hydrogen-bond acceptors (Lipinski definition) is 8. The summed E-state index contributed by atoms with van der Waals surface area (Å²) in [5.41, 5.74) is 0.494. The van der Waals surface area contributed by atoms with E-state index in [1.165, 1.54) is 0 Å². The van der Waals surface area contributed by atoms with Crippen LogP contribution in [0.4, 0.5) is 8.59 Å². The molecule has 0 N–H and O–H groups in total. The van der Waals surface area contributed by atoms with Crippen molar-refractivity contribution >= 4 is 24.9 Å². The molecule has 0 heterocycles. The molecule has 2 rings (SSSR count). The van der Waals surface area contributed by atoms with E-state index in [4.69, 9.17) is 25.8 Å². The number of hydrogen-bond donors (Lipinski definition) is 0. The van der Waals surface area contributed by atoms with Gasteiger partial charge in [0.05, 0.1) is 7.11 Å². The summed E-state index contributed by atoms with van der Waals surface area (Å²) in [6.07, 6.45) is 0.262. The molecule has 0 saturated heterocycles. The van der Waals surface area contributed by atoms with Gasteiger partial charge in [-0.3, -0.25) is 9.52 Å². The first kappa shape index (κ1) is 28.0. The molecule has 0 radical (unpaired) electrons. The quantitative estimate of drug-likeness (QED) is 0.137. The predicted molar refractivity (Wildman–Crippen MR) is 126 cm³/mol. The first-order valence-corrected chi connectivity index (χ1v) is 12.1. The van der Waals surface area contributed by atoms with Gasteiger partial charge in [-0.15, -0.1) is 4.20 Å². The molecular weight excluding hydrogens is 493 g/mol. The highest BCUT2D eigenvalue weighted by atomic mass is 35.5. The average molecular weight is 521 g/mol. The number of para-hydroxylation sites is 1. The van der Waals surface area contributed by atoms with E-state index in [0.29, 0.717) is 5.75 Å². The van der Waals surface area contributed by atoms with Gasteiger partial charge < -0.3 is 14.2 Å². The fourth-order valence-electron chi connectivity index (χ4n) is 3.07. The maximum absolute atomic E-state index is 13.6. The summed E-state index contributed by atoms with van der Waals surface area (Å²) in [5, 5.41) is 2.43. The Hall–Kier alpha value is -2.23. The minimum atomic E-state index is -5.18. The molecule has 188 valence electrons. The van der Waals surface area contributed by atoms with Crippen LogP contribution in [-0.2, 0) is 31.3 Å². The molecule has 0 aromatic heterocycles. The largest absolute Gasteiger partial charge is 0.592 e. The Balaban J connectivity index is 2.00. The van der Waals surface area contributed by atoms with Crippen LogP contribution in [0.5, 0.6) is 11.5 Å². The second kappa shape index (κ2) is 13.6. The second-order valence-corrected chi connectivity index (χ2v) is 8.99. The van der Waals surface area contributed by atoms with Gasteiger partial charge in [0.2, 0.25) is 0 Å². The molecule has 0 amide bonds. The van der Waals surface area contributed by atoms with Crippen molar-refractivity contribution in [1.29, 1.82) is 0 Å². The van der Waals surface area contributed by atoms with Crippen molar-refractivity contribution in [1.82, 2.24) is 4.90 Å². The lowest BCUT2D eigenvalue weighted by Gasteiger charge is -2.31. The van der Waals surface area contributed by atoms with Crippen LogP contribution in [0, 0.1) is 0 Å². The van der Waals surface area contributed by atoms with Crippen LogP contribution in [0.2, 0.25) is 0 Å². The molecular formula is C22H28ClF2N2O6P. The zero-order valence-electron chi connectivity index (χ0n) is 19.3. The minimum Gasteiger partial charge on any atom is -0.497 e. The fourth-order valence-corrected chi connectivity index (χ4v) is 3.56. The number of ether oxygens (including phenoxy) is 3. The molecule has 0 aliphatic carbocycles. The summed E-state index contributed by atoms with van der Waals surface area (Å²) >= 11 is 4.76. The molecule has 0 fully saturated rings. The lowest BCUT2D eigenvalue weighted by Crippen LogP contribution is -2.43. The van der Waals surface area contributed by atoms with E-state index in [1.807, 2.05) is 48.5 Å². The molecule has 0 spiro atoms. The van der Waals surface area contributed by atoms with Gasteiger partial charge >= 0.3 is 13.3 Å². The number of methoxy groups -OCH3 is 1. The first-order chi connectivity index (χ1) is 16.1. The molecule has 2 aromatic rings. The standard InChI is InChI=1S/C22H28ClF2N2O6P/c1-16(30-15-31-34(25,28)33-26-22(23)24)21(27(2)3)32-20-11-6-5-9-18(20)13-12-17-8-7-10-19(14-17)29-4/h5-11,14,16,21H,12-13,15H2,1-4H3/b26-22-/t16?,21-,34-/m1/s1. The van der Waals surface area contributed by atoms with E-state index < -0.39 is 32.5 Å². The highest BCUT2D eigenvalue weighted by molar-refractivity contribution is 7.48.